The number of carbonyl (C=O) groups is 4. The van der Waals surface area contributed by atoms with Crippen molar-refractivity contribution in [2.45, 2.75) is 99.7 Å². The van der Waals surface area contributed by atoms with Crippen LogP contribution in [0.1, 0.15) is 81.6 Å². The Hall–Kier alpha value is -2.63. The van der Waals surface area contributed by atoms with Crippen LogP contribution in [0.5, 0.6) is 0 Å². The first-order valence-corrected chi connectivity index (χ1v) is 13.5. The predicted molar refractivity (Wildman–Crippen MR) is 142 cm³/mol. The quantitative estimate of drug-likeness (QED) is 0.455. The van der Waals surface area contributed by atoms with Crippen molar-refractivity contribution in [2.75, 3.05) is 13.1 Å². The Labute approximate surface area is 222 Å². The second-order valence-electron chi connectivity index (χ2n) is 13.5. The Balaban J connectivity index is 2.31. The van der Waals surface area contributed by atoms with Crippen LogP contribution in [-0.2, 0) is 19.2 Å². The van der Waals surface area contributed by atoms with Crippen molar-refractivity contribution < 1.29 is 19.2 Å². The largest absolute Gasteiger partial charge is 0.356 e. The maximum absolute atomic E-state index is 14.0. The van der Waals surface area contributed by atoms with E-state index < -0.39 is 23.5 Å². The van der Waals surface area contributed by atoms with Gasteiger partial charge in [-0.25, -0.2) is 0 Å². The Morgan fingerprint density at radius 1 is 1.14 bits per heavy atom. The minimum atomic E-state index is -0.827. The Morgan fingerprint density at radius 3 is 2.22 bits per heavy atom. The maximum Gasteiger partial charge on any atom is 0.246 e. The lowest BCUT2D eigenvalue weighted by Gasteiger charge is -2.37. The summed E-state index contributed by atoms with van der Waals surface area (Å²) in [7, 11) is 0. The van der Waals surface area contributed by atoms with E-state index in [4.69, 9.17) is 0 Å². The monoisotopic (exact) mass is 517 g/mol. The summed E-state index contributed by atoms with van der Waals surface area (Å²) in [5.41, 5.74) is -0.804. The van der Waals surface area contributed by atoms with E-state index in [0.29, 0.717) is 19.5 Å². The molecule has 9 nitrogen and oxygen atoms in total. The molecule has 2 rings (SSSR count). The highest BCUT2D eigenvalue weighted by molar-refractivity contribution is 5.93. The van der Waals surface area contributed by atoms with Gasteiger partial charge in [-0.2, -0.15) is 5.26 Å². The fraction of sp³-hybridized carbons (Fsp3) is 0.821. The molecule has 0 bridgehead atoms. The number of hydrogen-bond donors (Lipinski definition) is 3. The molecule has 0 spiro atoms. The highest BCUT2D eigenvalue weighted by Gasteiger charge is 2.50. The van der Waals surface area contributed by atoms with Gasteiger partial charge < -0.3 is 20.9 Å². The Kier molecular flexibility index (Phi) is 9.78. The van der Waals surface area contributed by atoms with Gasteiger partial charge in [0.1, 0.15) is 18.1 Å². The summed E-state index contributed by atoms with van der Waals surface area (Å²) >= 11 is 0. The van der Waals surface area contributed by atoms with E-state index in [1.165, 1.54) is 0 Å². The van der Waals surface area contributed by atoms with Crippen LogP contribution >= 0.6 is 0 Å². The lowest BCUT2D eigenvalue weighted by Crippen LogP contribution is -2.59. The fourth-order valence-electron chi connectivity index (χ4n) is 5.69. The number of rotatable bonds is 8. The minimum absolute atomic E-state index is 0.0618. The van der Waals surface area contributed by atoms with Crippen LogP contribution < -0.4 is 16.0 Å². The number of carbonyl (C=O) groups excluding carboxylic acids is 4. The number of hydrogen-bond acceptors (Lipinski definition) is 5. The molecule has 0 aromatic rings. The molecule has 2 heterocycles. The van der Waals surface area contributed by atoms with Gasteiger partial charge in [-0.1, -0.05) is 62.3 Å². The third-order valence-electron chi connectivity index (χ3n) is 7.43. The first kappa shape index (κ1) is 30.6. The molecule has 0 saturated carbocycles. The van der Waals surface area contributed by atoms with Gasteiger partial charge in [-0.15, -0.1) is 0 Å². The molecule has 9 heteroatoms. The summed E-state index contributed by atoms with van der Waals surface area (Å²) in [6, 6.07) is -0.266. The van der Waals surface area contributed by atoms with Crippen molar-refractivity contribution in [1.82, 2.24) is 20.9 Å². The van der Waals surface area contributed by atoms with Gasteiger partial charge in [-0.05, 0) is 41.4 Å². The standard InChI is InChI=1S/C28H47N5O4/c1-16(2)21-17(3)15-33(26(37)23(28(7,8)9)32-20(34)13-27(4,5)6)22(21)25(36)31-19(14-29)12-18-10-11-30-24(18)35/h16-19,21-23H,10-13,15H2,1-9H3,(H,30,35)(H,31,36)(H,32,34)/t17-,18-,19-,21-,22-,23+/m0/s1. The molecule has 2 saturated heterocycles. The lowest BCUT2D eigenvalue weighted by atomic mass is 9.81. The van der Waals surface area contributed by atoms with Crippen LogP contribution in [0, 0.1) is 45.8 Å². The smallest absolute Gasteiger partial charge is 0.246 e. The van der Waals surface area contributed by atoms with Crippen molar-refractivity contribution in [1.29, 1.82) is 5.26 Å². The molecule has 0 aliphatic carbocycles. The summed E-state index contributed by atoms with van der Waals surface area (Å²) in [6.45, 7) is 18.7. The van der Waals surface area contributed by atoms with Gasteiger partial charge in [0, 0.05) is 25.4 Å². The summed E-state index contributed by atoms with van der Waals surface area (Å²) in [5.74, 6) is -1.20. The molecule has 2 aliphatic rings. The van der Waals surface area contributed by atoms with Gasteiger partial charge in [0.2, 0.25) is 23.6 Å². The zero-order valence-corrected chi connectivity index (χ0v) is 24.1. The van der Waals surface area contributed by atoms with Gasteiger partial charge in [0.25, 0.3) is 0 Å². The highest BCUT2D eigenvalue weighted by Crippen LogP contribution is 2.37. The normalized spacial score (nSPS) is 25.9. The molecule has 37 heavy (non-hydrogen) atoms. The van der Waals surface area contributed by atoms with Gasteiger partial charge in [0.15, 0.2) is 0 Å². The Morgan fingerprint density at radius 2 is 1.76 bits per heavy atom. The molecule has 208 valence electrons. The second kappa shape index (κ2) is 11.8. The molecule has 3 N–H and O–H groups in total. The van der Waals surface area contributed by atoms with Crippen molar-refractivity contribution >= 4 is 23.6 Å². The topological polar surface area (TPSA) is 131 Å². The molecule has 2 fully saturated rings. The minimum Gasteiger partial charge on any atom is -0.356 e. The van der Waals surface area contributed by atoms with Crippen molar-refractivity contribution in [3.63, 3.8) is 0 Å². The third-order valence-corrected chi connectivity index (χ3v) is 7.43. The first-order valence-electron chi connectivity index (χ1n) is 13.5. The van der Waals surface area contributed by atoms with Crippen LogP contribution in [0.15, 0.2) is 0 Å². The fourth-order valence-corrected chi connectivity index (χ4v) is 5.69. The summed E-state index contributed by atoms with van der Waals surface area (Å²) in [4.78, 5) is 54.2. The molecule has 0 unspecified atom stereocenters. The molecular formula is C28H47N5O4. The SMILES string of the molecule is CC(C)[C@@H]1[C@@H](C(=O)N[C@H](C#N)C[C@@H]2CCNC2=O)N(C(=O)[C@@H](NC(=O)CC(C)(C)C)C(C)(C)C)C[C@@H]1C. The van der Waals surface area contributed by atoms with Crippen molar-refractivity contribution in [2.24, 2.45) is 34.5 Å². The van der Waals surface area contributed by atoms with E-state index in [1.807, 2.05) is 62.3 Å². The van der Waals surface area contributed by atoms with E-state index in [-0.39, 0.29) is 65.6 Å². The number of nitrogens with one attached hydrogen (secondary N) is 3. The van der Waals surface area contributed by atoms with Crippen LogP contribution in [0.2, 0.25) is 0 Å². The van der Waals surface area contributed by atoms with Crippen LogP contribution in [0.3, 0.4) is 0 Å². The van der Waals surface area contributed by atoms with Gasteiger partial charge >= 0.3 is 0 Å². The number of nitriles is 1. The zero-order valence-electron chi connectivity index (χ0n) is 24.1. The average Bonchev–Trinajstić information content (AvgIpc) is 3.31. The number of likely N-dealkylation sites (tertiary alicyclic amines) is 1. The summed E-state index contributed by atoms with van der Waals surface area (Å²) in [5, 5.41) is 18.3. The molecule has 6 atom stereocenters. The van der Waals surface area contributed by atoms with Crippen molar-refractivity contribution in [3.8, 4) is 6.07 Å². The van der Waals surface area contributed by atoms with E-state index in [9.17, 15) is 24.4 Å². The molecule has 4 amide bonds. The van der Waals surface area contributed by atoms with E-state index in [2.05, 4.69) is 22.0 Å². The predicted octanol–water partition coefficient (Wildman–Crippen LogP) is 2.61. The molecule has 0 aromatic carbocycles. The number of nitrogens with zero attached hydrogens (tertiary/aromatic N) is 2. The maximum atomic E-state index is 14.0. The van der Waals surface area contributed by atoms with E-state index in [1.54, 1.807) is 4.90 Å². The highest BCUT2D eigenvalue weighted by atomic mass is 16.2. The summed E-state index contributed by atoms with van der Waals surface area (Å²) in [6.07, 6.45) is 1.15. The van der Waals surface area contributed by atoms with E-state index in [0.717, 1.165) is 0 Å². The molecular weight excluding hydrogens is 470 g/mol. The molecule has 0 aromatic heterocycles. The molecule has 0 radical (unpaired) electrons. The molecule has 2 aliphatic heterocycles. The number of amides is 4. The van der Waals surface area contributed by atoms with Gasteiger partial charge in [-0.3, -0.25) is 19.2 Å². The lowest BCUT2D eigenvalue weighted by molar-refractivity contribution is -0.145. The average molecular weight is 518 g/mol. The van der Waals surface area contributed by atoms with Crippen LogP contribution in [-0.4, -0.2) is 59.7 Å². The summed E-state index contributed by atoms with van der Waals surface area (Å²) < 4.78 is 0. The Bertz CT molecular complexity index is 911. The van der Waals surface area contributed by atoms with E-state index >= 15 is 0 Å². The van der Waals surface area contributed by atoms with Crippen LogP contribution in [0.4, 0.5) is 0 Å². The van der Waals surface area contributed by atoms with Gasteiger partial charge in [0.05, 0.1) is 6.07 Å². The second-order valence-corrected chi connectivity index (χ2v) is 13.5. The zero-order chi connectivity index (χ0) is 28.3. The van der Waals surface area contributed by atoms with Crippen LogP contribution in [0.25, 0.3) is 0 Å². The third kappa shape index (κ3) is 7.93. The first-order chi connectivity index (χ1) is 17.0. The van der Waals surface area contributed by atoms with Crippen molar-refractivity contribution in [3.05, 3.63) is 0 Å².